The summed E-state index contributed by atoms with van der Waals surface area (Å²) in [6.07, 6.45) is -7.43. The van der Waals surface area contributed by atoms with Gasteiger partial charge >= 0.3 is 23.5 Å². The summed E-state index contributed by atoms with van der Waals surface area (Å²) in [6.45, 7) is 0.981. The highest BCUT2D eigenvalue weighted by molar-refractivity contribution is 7.80. The van der Waals surface area contributed by atoms with Crippen molar-refractivity contribution in [1.29, 1.82) is 0 Å². The molecule has 0 aliphatic carbocycles. The van der Waals surface area contributed by atoms with Crippen LogP contribution in [-0.2, 0) is 41.1 Å². The zero-order valence-electron chi connectivity index (χ0n) is 25.3. The third-order valence-electron chi connectivity index (χ3n) is 6.64. The molecule has 1 fully saturated rings. The van der Waals surface area contributed by atoms with Crippen LogP contribution in [0.2, 0.25) is 0 Å². The molecule has 0 radical (unpaired) electrons. The number of phosphoric acid groups is 3. The molecule has 1 amide bonds. The Morgan fingerprint density at radius 2 is 1.79 bits per heavy atom. The largest absolute Gasteiger partial charge is 0.481 e. The van der Waals surface area contributed by atoms with E-state index >= 15 is 0 Å². The summed E-state index contributed by atoms with van der Waals surface area (Å²) in [7, 11) is -16.3. The zero-order valence-corrected chi connectivity index (χ0v) is 28.9. The number of carbonyl (C=O) groups is 1. The molecule has 1 aliphatic heterocycles. The molecule has 274 valence electrons. The summed E-state index contributed by atoms with van der Waals surface area (Å²) in [5.74, 6) is -0.467. The Hall–Kier alpha value is -1.66. The maximum atomic E-state index is 12.6. The van der Waals surface area contributed by atoms with Gasteiger partial charge in [0.1, 0.15) is 42.5 Å². The minimum absolute atomic E-state index is 0.0334. The van der Waals surface area contributed by atoms with Crippen LogP contribution in [0, 0.1) is 5.41 Å². The fraction of sp³-hybridized carbons (Fsp3) is 0.714. The second-order valence-electron chi connectivity index (χ2n) is 11.0. The number of aliphatic hydroxyl groups excluding tert-OH is 3. The molecule has 11 N–H and O–H groups in total. The Labute approximate surface area is 278 Å². The highest BCUT2D eigenvalue weighted by Crippen LogP contribution is 2.61. The lowest BCUT2D eigenvalue weighted by Gasteiger charge is -2.30. The molecular formula is C21H38N7O16P3S. The van der Waals surface area contributed by atoms with Crippen LogP contribution in [-0.4, -0.2) is 123 Å². The van der Waals surface area contributed by atoms with Gasteiger partial charge in [0.2, 0.25) is 5.91 Å². The van der Waals surface area contributed by atoms with Gasteiger partial charge in [0, 0.05) is 30.7 Å². The first-order chi connectivity index (χ1) is 22.2. The number of ether oxygens (including phenoxy) is 1. The standard InChI is InChI=1S/C21H38N7O16P3S/c1-21(2,16(31)19(32)24-4-3-12(29)23-5-6-48)8-41-47(38,39)44-46(36,37)40-7-11-15(43-45(33,34)35)14(30)20(42-11)28-10-27-13-17(22)25-9-26-18(13)28/h9-12,14-16,20,23,29-31,48H,3-8H2,1-2H3,(H,24,32)(H,36,37)(H,38,39)(H2,22,25,26)(H2,33,34,35)/t11-,12?,14-,15-,16+,20-/m1/s1. The summed E-state index contributed by atoms with van der Waals surface area (Å²) in [4.78, 5) is 63.0. The fourth-order valence-corrected chi connectivity index (χ4v) is 7.18. The van der Waals surface area contributed by atoms with Crippen LogP contribution < -0.4 is 16.4 Å². The average Bonchev–Trinajstić information content (AvgIpc) is 3.54. The number of imidazole rings is 1. The predicted octanol–water partition coefficient (Wildman–Crippen LogP) is -1.87. The van der Waals surface area contributed by atoms with Gasteiger partial charge in [-0.15, -0.1) is 0 Å². The lowest BCUT2D eigenvalue weighted by atomic mass is 9.87. The predicted molar refractivity (Wildman–Crippen MR) is 164 cm³/mol. The Morgan fingerprint density at radius 3 is 2.44 bits per heavy atom. The monoisotopic (exact) mass is 769 g/mol. The van der Waals surface area contributed by atoms with Gasteiger partial charge in [-0.3, -0.25) is 28.2 Å². The summed E-state index contributed by atoms with van der Waals surface area (Å²) < 4.78 is 61.8. The van der Waals surface area contributed by atoms with Gasteiger partial charge < -0.3 is 50.7 Å². The van der Waals surface area contributed by atoms with Crippen LogP contribution in [0.4, 0.5) is 5.82 Å². The summed E-state index contributed by atoms with van der Waals surface area (Å²) in [5.41, 5.74) is 4.33. The number of anilines is 1. The van der Waals surface area contributed by atoms with Crippen molar-refractivity contribution in [3.8, 4) is 0 Å². The van der Waals surface area contributed by atoms with Crippen LogP contribution >= 0.6 is 36.1 Å². The molecule has 23 nitrogen and oxygen atoms in total. The van der Waals surface area contributed by atoms with Gasteiger partial charge in [-0.2, -0.15) is 16.9 Å². The number of amides is 1. The molecule has 0 aromatic carbocycles. The molecule has 48 heavy (non-hydrogen) atoms. The van der Waals surface area contributed by atoms with Crippen molar-refractivity contribution in [3.05, 3.63) is 12.7 Å². The SMILES string of the molecule is CC(C)(COP(=O)(O)OP(=O)(O)OC[C@H]1O[C@@H](n2cnc3c(N)ncnc32)[C@H](O)[C@@H]1OP(=O)(O)O)[C@@H](O)C(=O)NCCC(O)NCCS. The topological polar surface area (TPSA) is 350 Å². The van der Waals surface area contributed by atoms with E-state index in [9.17, 15) is 53.4 Å². The molecule has 27 heteroatoms. The van der Waals surface area contributed by atoms with Crippen LogP contribution in [0.15, 0.2) is 12.7 Å². The van der Waals surface area contributed by atoms with E-state index in [2.05, 4.69) is 47.0 Å². The Kier molecular flexibility index (Phi) is 14.1. The van der Waals surface area contributed by atoms with Gasteiger partial charge in [0.15, 0.2) is 17.7 Å². The molecule has 0 saturated carbocycles. The molecule has 2 aromatic rings. The lowest BCUT2D eigenvalue weighted by Crippen LogP contribution is -2.46. The number of phosphoric ester groups is 3. The number of carbonyl (C=O) groups excluding carboxylic acids is 1. The minimum Gasteiger partial charge on any atom is -0.386 e. The maximum absolute atomic E-state index is 12.6. The number of hydrogen-bond donors (Lipinski definition) is 11. The number of nitrogen functional groups attached to an aromatic ring is 1. The Balaban J connectivity index is 1.60. The molecule has 0 spiro atoms. The number of nitrogens with zero attached hydrogens (tertiary/aromatic N) is 4. The van der Waals surface area contributed by atoms with Gasteiger partial charge in [0.05, 0.1) is 19.5 Å². The highest BCUT2D eigenvalue weighted by atomic mass is 32.1. The quantitative estimate of drug-likeness (QED) is 0.0423. The second kappa shape index (κ2) is 16.6. The van der Waals surface area contributed by atoms with Crippen LogP contribution in [0.5, 0.6) is 0 Å². The van der Waals surface area contributed by atoms with Crippen molar-refractivity contribution in [2.75, 3.05) is 37.8 Å². The molecule has 3 rings (SSSR count). The van der Waals surface area contributed by atoms with E-state index < -0.39 is 84.9 Å². The number of fused-ring (bicyclic) bond motifs is 1. The van der Waals surface area contributed by atoms with Gasteiger partial charge in [0.25, 0.3) is 0 Å². The first-order valence-corrected chi connectivity index (χ1v) is 19.0. The van der Waals surface area contributed by atoms with Crippen LogP contribution in [0.3, 0.4) is 0 Å². The average molecular weight is 770 g/mol. The smallest absolute Gasteiger partial charge is 0.386 e. The van der Waals surface area contributed by atoms with Crippen molar-refractivity contribution in [2.45, 2.75) is 57.1 Å². The number of rotatable bonds is 19. The second-order valence-corrected chi connectivity index (χ2v) is 15.6. The van der Waals surface area contributed by atoms with Crippen molar-refractivity contribution < 1.29 is 76.0 Å². The molecule has 2 aromatic heterocycles. The Morgan fingerprint density at radius 1 is 1.12 bits per heavy atom. The first kappa shape index (κ1) is 40.8. The van der Waals surface area contributed by atoms with Crippen molar-refractivity contribution in [1.82, 2.24) is 30.2 Å². The van der Waals surface area contributed by atoms with Crippen LogP contribution in [0.25, 0.3) is 11.2 Å². The zero-order chi connectivity index (χ0) is 36.1. The van der Waals surface area contributed by atoms with Crippen molar-refractivity contribution in [2.24, 2.45) is 5.41 Å². The van der Waals surface area contributed by atoms with E-state index in [1.807, 2.05) is 0 Å². The molecule has 3 unspecified atom stereocenters. The fourth-order valence-electron chi connectivity index (χ4n) is 4.22. The highest BCUT2D eigenvalue weighted by Gasteiger charge is 2.50. The van der Waals surface area contributed by atoms with Crippen LogP contribution in [0.1, 0.15) is 26.5 Å². The normalized spacial score (nSPS) is 24.2. The van der Waals surface area contributed by atoms with Gasteiger partial charge in [-0.25, -0.2) is 28.6 Å². The number of hydrogen-bond acceptors (Lipinski definition) is 18. The molecule has 8 atom stereocenters. The third-order valence-corrected chi connectivity index (χ3v) is 9.96. The lowest BCUT2D eigenvalue weighted by molar-refractivity contribution is -0.137. The summed E-state index contributed by atoms with van der Waals surface area (Å²) in [5, 5.41) is 36.1. The molecule has 0 bridgehead atoms. The van der Waals surface area contributed by atoms with E-state index in [1.165, 1.54) is 13.8 Å². The maximum Gasteiger partial charge on any atom is 0.481 e. The van der Waals surface area contributed by atoms with Crippen molar-refractivity contribution >= 4 is 59.0 Å². The van der Waals surface area contributed by atoms with Gasteiger partial charge in [-0.05, 0) is 0 Å². The van der Waals surface area contributed by atoms with E-state index in [1.54, 1.807) is 0 Å². The Bertz CT molecular complexity index is 1550. The molecule has 1 aliphatic rings. The molecular weight excluding hydrogens is 731 g/mol. The molecule has 3 heterocycles. The van der Waals surface area contributed by atoms with E-state index in [-0.39, 0.29) is 29.9 Å². The number of thiol groups is 1. The summed E-state index contributed by atoms with van der Waals surface area (Å²) >= 11 is 3.99. The third kappa shape index (κ3) is 11.4. The number of aromatic nitrogens is 4. The van der Waals surface area contributed by atoms with Crippen molar-refractivity contribution in [3.63, 3.8) is 0 Å². The number of nitrogens with two attached hydrogens (primary N) is 1. The molecule has 1 saturated heterocycles. The number of nitrogens with one attached hydrogen (secondary N) is 2. The van der Waals surface area contributed by atoms with E-state index in [4.69, 9.17) is 19.5 Å². The first-order valence-electron chi connectivity index (χ1n) is 13.8. The minimum atomic E-state index is -5.53. The summed E-state index contributed by atoms with van der Waals surface area (Å²) in [6, 6.07) is 0. The number of aliphatic hydroxyl groups is 3. The van der Waals surface area contributed by atoms with E-state index in [0.29, 0.717) is 12.3 Å². The van der Waals surface area contributed by atoms with E-state index in [0.717, 1.165) is 17.2 Å². The van der Waals surface area contributed by atoms with Gasteiger partial charge in [-0.1, -0.05) is 13.8 Å².